The molecule has 2 saturated heterocycles. The molecule has 0 unspecified atom stereocenters. The summed E-state index contributed by atoms with van der Waals surface area (Å²) in [5.41, 5.74) is 1.03. The summed E-state index contributed by atoms with van der Waals surface area (Å²) in [6.07, 6.45) is 4.42. The average Bonchev–Trinajstić information content (AvgIpc) is 2.92. The molecular weight excluding hydrogens is 352 g/mol. The van der Waals surface area contributed by atoms with E-state index in [1.54, 1.807) is 7.11 Å². The fraction of sp³-hybridized carbons (Fsp3) is 0.778. The number of fused-ring (bicyclic) bond motifs is 1. The maximum absolute atomic E-state index is 12.3. The lowest BCUT2D eigenvalue weighted by Gasteiger charge is -2.44. The molecule has 146 valence electrons. The van der Waals surface area contributed by atoms with Gasteiger partial charge in [0, 0.05) is 69.8 Å². The molecule has 0 saturated carbocycles. The number of hydrogen-bond acceptors (Lipinski definition) is 7. The molecular formula is C18H30N4O3S. The van der Waals surface area contributed by atoms with E-state index in [9.17, 15) is 8.42 Å². The first-order valence-corrected chi connectivity index (χ1v) is 11.2. The Morgan fingerprint density at radius 1 is 1.15 bits per heavy atom. The minimum atomic E-state index is -2.97. The van der Waals surface area contributed by atoms with Gasteiger partial charge in [-0.05, 0) is 5.92 Å². The van der Waals surface area contributed by atoms with E-state index in [1.165, 1.54) is 0 Å². The summed E-state index contributed by atoms with van der Waals surface area (Å²) < 4.78 is 29.6. The number of hydrogen-bond donors (Lipinski definition) is 0. The summed E-state index contributed by atoms with van der Waals surface area (Å²) >= 11 is 0. The normalized spacial score (nSPS) is 26.3. The number of sulfone groups is 1. The van der Waals surface area contributed by atoms with E-state index in [-0.39, 0.29) is 23.6 Å². The van der Waals surface area contributed by atoms with E-state index in [2.05, 4.69) is 33.6 Å². The van der Waals surface area contributed by atoms with Gasteiger partial charge in [0.15, 0.2) is 9.84 Å². The molecule has 0 aliphatic carbocycles. The molecule has 3 heterocycles. The van der Waals surface area contributed by atoms with Gasteiger partial charge >= 0.3 is 0 Å². The zero-order valence-electron chi connectivity index (χ0n) is 16.0. The zero-order valence-corrected chi connectivity index (χ0v) is 16.8. The molecule has 1 aromatic rings. The van der Waals surface area contributed by atoms with Crippen molar-refractivity contribution in [3.8, 4) is 0 Å². The van der Waals surface area contributed by atoms with Crippen molar-refractivity contribution in [2.24, 2.45) is 5.92 Å². The molecule has 0 amide bonds. The second-order valence-electron chi connectivity index (χ2n) is 7.82. The quantitative estimate of drug-likeness (QED) is 0.684. The van der Waals surface area contributed by atoms with Gasteiger partial charge in [-0.1, -0.05) is 13.8 Å². The highest BCUT2D eigenvalue weighted by Crippen LogP contribution is 2.28. The number of ether oxygens (including phenoxy) is 1. The Kier molecular flexibility index (Phi) is 6.27. The molecule has 26 heavy (non-hydrogen) atoms. The van der Waals surface area contributed by atoms with Gasteiger partial charge in [-0.25, -0.2) is 18.4 Å². The first kappa shape index (κ1) is 19.7. The topological polar surface area (TPSA) is 75.6 Å². The Labute approximate surface area is 156 Å². The van der Waals surface area contributed by atoms with Crippen molar-refractivity contribution in [1.82, 2.24) is 19.8 Å². The van der Waals surface area contributed by atoms with Crippen molar-refractivity contribution in [2.45, 2.75) is 38.9 Å². The molecule has 2 aliphatic rings. The van der Waals surface area contributed by atoms with Crippen LogP contribution in [0.4, 0.5) is 0 Å². The first-order chi connectivity index (χ1) is 12.4. The van der Waals surface area contributed by atoms with Gasteiger partial charge in [0.05, 0.1) is 18.1 Å². The number of aromatic nitrogens is 2. The molecule has 2 fully saturated rings. The van der Waals surface area contributed by atoms with Crippen molar-refractivity contribution >= 4 is 9.84 Å². The minimum absolute atomic E-state index is 0.0701. The van der Waals surface area contributed by atoms with Crippen molar-refractivity contribution in [2.75, 3.05) is 44.9 Å². The molecule has 0 bridgehead atoms. The van der Waals surface area contributed by atoms with Crippen molar-refractivity contribution in [1.29, 1.82) is 0 Å². The molecule has 1 aromatic heterocycles. The van der Waals surface area contributed by atoms with Crippen LogP contribution in [0.2, 0.25) is 0 Å². The number of piperazine rings is 1. The SMILES string of the molecule is COCCc1ncc(CN2CCN(CC(C)C)[C@@H]3CS(=O)(=O)C[C@@H]32)cn1. The monoisotopic (exact) mass is 382 g/mol. The fourth-order valence-electron chi connectivity index (χ4n) is 4.01. The number of nitrogens with zero attached hydrogens (tertiary/aromatic N) is 4. The summed E-state index contributed by atoms with van der Waals surface area (Å²) in [6.45, 7) is 8.45. The van der Waals surface area contributed by atoms with Crippen molar-refractivity contribution < 1.29 is 13.2 Å². The Balaban J connectivity index is 1.68. The van der Waals surface area contributed by atoms with Gasteiger partial charge in [0.25, 0.3) is 0 Å². The van der Waals surface area contributed by atoms with Gasteiger partial charge in [-0.15, -0.1) is 0 Å². The Morgan fingerprint density at radius 2 is 1.77 bits per heavy atom. The summed E-state index contributed by atoms with van der Waals surface area (Å²) in [5, 5.41) is 0. The zero-order chi connectivity index (χ0) is 18.7. The third kappa shape index (κ3) is 4.79. The standard InChI is InChI=1S/C18H30N4O3S/c1-14(2)10-21-5-6-22(17-13-26(23,24)12-16(17)21)11-15-8-19-18(20-9-15)4-7-25-3/h8-9,14,16-17H,4-7,10-13H2,1-3H3/t16-,17+/m1/s1. The van der Waals surface area contributed by atoms with E-state index < -0.39 is 9.84 Å². The second-order valence-corrected chi connectivity index (χ2v) is 9.98. The summed E-state index contributed by atoms with van der Waals surface area (Å²) in [7, 11) is -1.30. The Morgan fingerprint density at radius 3 is 2.38 bits per heavy atom. The maximum atomic E-state index is 12.3. The van der Waals surface area contributed by atoms with Crippen LogP contribution in [0.25, 0.3) is 0 Å². The lowest BCUT2D eigenvalue weighted by molar-refractivity contribution is 0.0336. The van der Waals surface area contributed by atoms with E-state index in [0.717, 1.165) is 31.0 Å². The molecule has 8 heteroatoms. The molecule has 0 aromatic carbocycles. The molecule has 0 radical (unpaired) electrons. The smallest absolute Gasteiger partial charge is 0.153 e. The van der Waals surface area contributed by atoms with Crippen molar-refractivity contribution in [3.05, 3.63) is 23.8 Å². The predicted molar refractivity (Wildman–Crippen MR) is 101 cm³/mol. The maximum Gasteiger partial charge on any atom is 0.153 e. The minimum Gasteiger partial charge on any atom is -0.384 e. The van der Waals surface area contributed by atoms with Crippen LogP contribution in [0, 0.1) is 5.92 Å². The van der Waals surface area contributed by atoms with Crippen LogP contribution < -0.4 is 0 Å². The highest BCUT2D eigenvalue weighted by molar-refractivity contribution is 7.91. The largest absolute Gasteiger partial charge is 0.384 e. The second kappa shape index (κ2) is 8.29. The highest BCUT2D eigenvalue weighted by atomic mass is 32.2. The first-order valence-electron chi connectivity index (χ1n) is 9.35. The van der Waals surface area contributed by atoms with Crippen LogP contribution in [-0.2, 0) is 27.5 Å². The highest BCUT2D eigenvalue weighted by Gasteiger charge is 2.46. The summed E-state index contributed by atoms with van der Waals surface area (Å²) in [5.74, 6) is 1.86. The lowest BCUT2D eigenvalue weighted by atomic mass is 10.0. The van der Waals surface area contributed by atoms with Crippen LogP contribution in [0.3, 0.4) is 0 Å². The molecule has 0 spiro atoms. The van der Waals surface area contributed by atoms with Crippen LogP contribution >= 0.6 is 0 Å². The Bertz CT molecular complexity index is 693. The Hall–Kier alpha value is -1.09. The third-order valence-corrected chi connectivity index (χ3v) is 6.88. The van der Waals surface area contributed by atoms with E-state index in [0.29, 0.717) is 25.5 Å². The molecule has 0 N–H and O–H groups in total. The predicted octanol–water partition coefficient (Wildman–Crippen LogP) is 0.605. The summed E-state index contributed by atoms with van der Waals surface area (Å²) in [6, 6.07) is 0.179. The van der Waals surface area contributed by atoms with E-state index in [1.807, 2.05) is 12.4 Å². The molecule has 2 aliphatic heterocycles. The van der Waals surface area contributed by atoms with Gasteiger partial charge in [-0.2, -0.15) is 0 Å². The van der Waals surface area contributed by atoms with Gasteiger partial charge < -0.3 is 4.74 Å². The molecule has 2 atom stereocenters. The van der Waals surface area contributed by atoms with Gasteiger partial charge in [0.1, 0.15) is 5.82 Å². The van der Waals surface area contributed by atoms with Crippen molar-refractivity contribution in [3.63, 3.8) is 0 Å². The number of methoxy groups -OCH3 is 1. The molecule has 3 rings (SSSR count). The fourth-order valence-corrected chi connectivity index (χ4v) is 6.05. The van der Waals surface area contributed by atoms with Crippen LogP contribution in [0.5, 0.6) is 0 Å². The van der Waals surface area contributed by atoms with Crippen LogP contribution in [0.1, 0.15) is 25.2 Å². The van der Waals surface area contributed by atoms with Crippen LogP contribution in [-0.4, -0.2) is 85.1 Å². The van der Waals surface area contributed by atoms with E-state index in [4.69, 9.17) is 4.74 Å². The summed E-state index contributed by atoms with van der Waals surface area (Å²) in [4.78, 5) is 13.5. The average molecular weight is 383 g/mol. The van der Waals surface area contributed by atoms with E-state index >= 15 is 0 Å². The van der Waals surface area contributed by atoms with Gasteiger partial charge in [0.2, 0.25) is 0 Å². The van der Waals surface area contributed by atoms with Crippen LogP contribution in [0.15, 0.2) is 12.4 Å². The third-order valence-electron chi connectivity index (χ3n) is 5.18. The molecule has 7 nitrogen and oxygen atoms in total. The van der Waals surface area contributed by atoms with Gasteiger partial charge in [-0.3, -0.25) is 9.80 Å². The lowest BCUT2D eigenvalue weighted by Crippen LogP contribution is -2.59. The number of rotatable bonds is 7.